The van der Waals surface area contributed by atoms with Crippen molar-refractivity contribution in [3.8, 4) is 0 Å². The number of fused-ring (bicyclic) bond motifs is 1. The number of nitrogens with zero attached hydrogens (tertiary/aromatic N) is 1. The Bertz CT molecular complexity index is 378. The number of halogens is 1. The van der Waals surface area contributed by atoms with Gasteiger partial charge in [0.25, 0.3) is 0 Å². The van der Waals surface area contributed by atoms with Gasteiger partial charge in [-0.05, 0) is 36.3 Å². The first kappa shape index (κ1) is 10.9. The molecule has 0 saturated heterocycles. The first-order chi connectivity index (χ1) is 7.11. The van der Waals surface area contributed by atoms with Crippen LogP contribution in [0, 0.1) is 5.92 Å². The van der Waals surface area contributed by atoms with Crippen LogP contribution in [0.5, 0.6) is 0 Å². The fraction of sp³-hybridized carbons (Fsp3) is 0.583. The van der Waals surface area contributed by atoms with E-state index in [2.05, 4.69) is 18.8 Å². The van der Waals surface area contributed by atoms with E-state index in [4.69, 9.17) is 16.7 Å². The highest BCUT2D eigenvalue weighted by Crippen LogP contribution is 2.34. The van der Waals surface area contributed by atoms with Gasteiger partial charge in [-0.25, -0.2) is 4.98 Å². The molecular formula is C12H16ClNO. The zero-order chi connectivity index (χ0) is 11.0. The molecule has 0 spiro atoms. The van der Waals surface area contributed by atoms with Crippen LogP contribution in [0.1, 0.15) is 43.0 Å². The Morgan fingerprint density at radius 2 is 2.27 bits per heavy atom. The molecule has 0 radical (unpaired) electrons. The third-order valence-electron chi connectivity index (χ3n) is 3.12. The quantitative estimate of drug-likeness (QED) is 0.746. The van der Waals surface area contributed by atoms with Crippen LogP contribution in [0.4, 0.5) is 0 Å². The molecule has 82 valence electrons. The minimum Gasteiger partial charge on any atom is -0.392 e. The van der Waals surface area contributed by atoms with Crippen LogP contribution >= 0.6 is 11.6 Å². The lowest BCUT2D eigenvalue weighted by Crippen LogP contribution is -2.17. The van der Waals surface area contributed by atoms with E-state index in [9.17, 15) is 0 Å². The van der Waals surface area contributed by atoms with Gasteiger partial charge in [0.15, 0.2) is 0 Å². The number of hydrogen-bond donors (Lipinski definition) is 1. The third-order valence-corrected chi connectivity index (χ3v) is 3.45. The SMILES string of the molecule is CC1Cc2cc(CO)c(Cl)nc2C(C)C1. The van der Waals surface area contributed by atoms with Crippen molar-refractivity contribution in [3.63, 3.8) is 0 Å². The Hall–Kier alpha value is -0.600. The third kappa shape index (κ3) is 2.01. The van der Waals surface area contributed by atoms with Gasteiger partial charge in [-0.1, -0.05) is 25.4 Å². The molecule has 1 N–H and O–H groups in total. The summed E-state index contributed by atoms with van der Waals surface area (Å²) in [4.78, 5) is 4.41. The maximum absolute atomic E-state index is 9.13. The van der Waals surface area contributed by atoms with Gasteiger partial charge in [-0.15, -0.1) is 0 Å². The molecule has 2 atom stereocenters. The number of rotatable bonds is 1. The van der Waals surface area contributed by atoms with Crippen molar-refractivity contribution in [1.82, 2.24) is 4.98 Å². The predicted octanol–water partition coefficient (Wildman–Crippen LogP) is 2.91. The van der Waals surface area contributed by atoms with Crippen molar-refractivity contribution in [2.75, 3.05) is 0 Å². The van der Waals surface area contributed by atoms with Gasteiger partial charge < -0.3 is 5.11 Å². The summed E-state index contributed by atoms with van der Waals surface area (Å²) in [5.41, 5.74) is 3.13. The molecule has 1 aromatic heterocycles. The average molecular weight is 226 g/mol. The molecule has 1 heterocycles. The highest BCUT2D eigenvalue weighted by molar-refractivity contribution is 6.30. The maximum Gasteiger partial charge on any atom is 0.134 e. The second-order valence-electron chi connectivity index (χ2n) is 4.59. The fourth-order valence-corrected chi connectivity index (χ4v) is 2.67. The Balaban J connectivity index is 2.47. The monoisotopic (exact) mass is 225 g/mol. The first-order valence-electron chi connectivity index (χ1n) is 5.41. The topological polar surface area (TPSA) is 33.1 Å². The van der Waals surface area contributed by atoms with Gasteiger partial charge in [0.1, 0.15) is 5.15 Å². The van der Waals surface area contributed by atoms with Gasteiger partial charge in [-0.3, -0.25) is 0 Å². The lowest BCUT2D eigenvalue weighted by atomic mass is 9.81. The minimum absolute atomic E-state index is 0.0259. The minimum atomic E-state index is -0.0259. The molecule has 1 aliphatic carbocycles. The van der Waals surface area contributed by atoms with Crippen LogP contribution in [0.25, 0.3) is 0 Å². The van der Waals surface area contributed by atoms with Gasteiger partial charge >= 0.3 is 0 Å². The summed E-state index contributed by atoms with van der Waals surface area (Å²) in [5.74, 6) is 1.18. The van der Waals surface area contributed by atoms with Crippen molar-refractivity contribution < 1.29 is 5.11 Å². The van der Waals surface area contributed by atoms with E-state index < -0.39 is 0 Å². The molecule has 1 aromatic rings. The lowest BCUT2D eigenvalue weighted by Gasteiger charge is -2.26. The standard InChI is InChI=1S/C12H16ClNO/c1-7-3-8(2)11-9(4-7)5-10(6-15)12(13)14-11/h5,7-8,15H,3-4,6H2,1-2H3. The van der Waals surface area contributed by atoms with Gasteiger partial charge in [-0.2, -0.15) is 0 Å². The summed E-state index contributed by atoms with van der Waals surface area (Å²) in [7, 11) is 0. The van der Waals surface area contributed by atoms with Crippen LogP contribution in [-0.4, -0.2) is 10.1 Å². The molecule has 2 nitrogen and oxygen atoms in total. The number of aliphatic hydroxyl groups excluding tert-OH is 1. The molecule has 0 fully saturated rings. The molecule has 3 heteroatoms. The molecule has 2 unspecified atom stereocenters. The molecule has 0 aliphatic heterocycles. The molecule has 0 aromatic carbocycles. The Morgan fingerprint density at radius 3 is 2.93 bits per heavy atom. The maximum atomic E-state index is 9.13. The Labute approximate surface area is 95.3 Å². The van der Waals surface area contributed by atoms with E-state index in [0.29, 0.717) is 17.0 Å². The zero-order valence-electron chi connectivity index (χ0n) is 9.13. The van der Waals surface area contributed by atoms with Crippen molar-refractivity contribution in [2.45, 2.75) is 39.2 Å². The molecule has 0 amide bonds. The van der Waals surface area contributed by atoms with Crippen LogP contribution in [-0.2, 0) is 13.0 Å². The highest BCUT2D eigenvalue weighted by Gasteiger charge is 2.23. The summed E-state index contributed by atoms with van der Waals surface area (Å²) < 4.78 is 0. The van der Waals surface area contributed by atoms with E-state index in [1.165, 1.54) is 12.0 Å². The predicted molar refractivity (Wildman–Crippen MR) is 61.1 cm³/mol. The molecule has 2 rings (SSSR count). The van der Waals surface area contributed by atoms with Crippen LogP contribution in [0.3, 0.4) is 0 Å². The second kappa shape index (κ2) is 4.11. The molecule has 0 saturated carbocycles. The highest BCUT2D eigenvalue weighted by atomic mass is 35.5. The first-order valence-corrected chi connectivity index (χ1v) is 5.78. The van der Waals surface area contributed by atoms with Crippen molar-refractivity contribution in [2.24, 2.45) is 5.92 Å². The Morgan fingerprint density at radius 1 is 1.53 bits per heavy atom. The van der Waals surface area contributed by atoms with E-state index in [1.54, 1.807) is 0 Å². The molecule has 0 bridgehead atoms. The van der Waals surface area contributed by atoms with E-state index in [1.807, 2.05) is 6.07 Å². The summed E-state index contributed by atoms with van der Waals surface area (Å²) in [5, 5.41) is 9.58. The Kier molecular flexibility index (Phi) is 2.98. The van der Waals surface area contributed by atoms with Crippen molar-refractivity contribution >= 4 is 11.6 Å². The summed E-state index contributed by atoms with van der Waals surface area (Å²) in [6.45, 7) is 4.42. The lowest BCUT2D eigenvalue weighted by molar-refractivity contribution is 0.281. The van der Waals surface area contributed by atoms with Crippen molar-refractivity contribution in [1.29, 1.82) is 0 Å². The second-order valence-corrected chi connectivity index (χ2v) is 4.94. The smallest absolute Gasteiger partial charge is 0.134 e. The van der Waals surface area contributed by atoms with E-state index in [-0.39, 0.29) is 6.61 Å². The van der Waals surface area contributed by atoms with Crippen molar-refractivity contribution in [3.05, 3.63) is 28.0 Å². The molecular weight excluding hydrogens is 210 g/mol. The zero-order valence-corrected chi connectivity index (χ0v) is 9.88. The number of aromatic nitrogens is 1. The van der Waals surface area contributed by atoms with Gasteiger partial charge in [0.05, 0.1) is 6.61 Å². The van der Waals surface area contributed by atoms with E-state index >= 15 is 0 Å². The van der Waals surface area contributed by atoms with Crippen LogP contribution in [0.2, 0.25) is 5.15 Å². The van der Waals surface area contributed by atoms with E-state index in [0.717, 1.165) is 17.7 Å². The summed E-state index contributed by atoms with van der Waals surface area (Å²) >= 11 is 5.99. The number of aliphatic hydroxyl groups is 1. The molecule has 1 aliphatic rings. The van der Waals surface area contributed by atoms with Crippen LogP contribution in [0.15, 0.2) is 6.07 Å². The largest absolute Gasteiger partial charge is 0.392 e. The summed E-state index contributed by atoms with van der Waals surface area (Å²) in [6.07, 6.45) is 2.23. The van der Waals surface area contributed by atoms with Gasteiger partial charge in [0, 0.05) is 11.3 Å². The fourth-order valence-electron chi connectivity index (χ4n) is 2.47. The average Bonchev–Trinajstić information content (AvgIpc) is 2.18. The summed E-state index contributed by atoms with van der Waals surface area (Å²) in [6, 6.07) is 2.01. The van der Waals surface area contributed by atoms with Crippen LogP contribution < -0.4 is 0 Å². The van der Waals surface area contributed by atoms with Gasteiger partial charge in [0.2, 0.25) is 0 Å². The number of pyridine rings is 1. The molecule has 15 heavy (non-hydrogen) atoms. The normalized spacial score (nSPS) is 25.1. The number of hydrogen-bond acceptors (Lipinski definition) is 2.